The minimum absolute atomic E-state index is 0.0726. The standard InChI is InChI=1S/C21H20N2O3S/c1-15(19-8-5-13-27-19)23-20(24)14-22-21(25)16-9-11-18(12-10-16)26-17-6-3-2-4-7-17/h2-13,15H,14H2,1H3,(H,22,25)(H,23,24)/t15-/m0/s1. The smallest absolute Gasteiger partial charge is 0.251 e. The minimum atomic E-state index is -0.305. The Labute approximate surface area is 162 Å². The Balaban J connectivity index is 1.48. The Morgan fingerprint density at radius 1 is 0.963 bits per heavy atom. The van der Waals surface area contributed by atoms with Crippen molar-refractivity contribution in [3.05, 3.63) is 82.6 Å². The fourth-order valence-corrected chi connectivity index (χ4v) is 3.20. The van der Waals surface area contributed by atoms with Crippen molar-refractivity contribution in [3.63, 3.8) is 0 Å². The van der Waals surface area contributed by atoms with E-state index in [4.69, 9.17) is 4.74 Å². The molecule has 3 rings (SSSR count). The molecule has 2 amide bonds. The number of hydrogen-bond donors (Lipinski definition) is 2. The maximum absolute atomic E-state index is 12.2. The van der Waals surface area contributed by atoms with Crippen molar-refractivity contribution in [1.29, 1.82) is 0 Å². The molecule has 0 aliphatic heterocycles. The highest BCUT2D eigenvalue weighted by Crippen LogP contribution is 2.21. The van der Waals surface area contributed by atoms with Crippen LogP contribution in [0.2, 0.25) is 0 Å². The van der Waals surface area contributed by atoms with E-state index in [1.165, 1.54) is 0 Å². The molecule has 1 aromatic heterocycles. The van der Waals surface area contributed by atoms with Crippen molar-refractivity contribution in [2.45, 2.75) is 13.0 Å². The lowest BCUT2D eigenvalue weighted by molar-refractivity contribution is -0.120. The van der Waals surface area contributed by atoms with Crippen LogP contribution in [-0.2, 0) is 4.79 Å². The average Bonchev–Trinajstić information content (AvgIpc) is 3.22. The summed E-state index contributed by atoms with van der Waals surface area (Å²) in [5, 5.41) is 7.46. The summed E-state index contributed by atoms with van der Waals surface area (Å²) in [6.45, 7) is 1.84. The Bertz CT molecular complexity index is 878. The summed E-state index contributed by atoms with van der Waals surface area (Å²) >= 11 is 1.58. The van der Waals surface area contributed by atoms with Crippen LogP contribution in [-0.4, -0.2) is 18.4 Å². The number of hydrogen-bond acceptors (Lipinski definition) is 4. The summed E-state index contributed by atoms with van der Waals surface area (Å²) in [4.78, 5) is 25.3. The van der Waals surface area contributed by atoms with E-state index in [-0.39, 0.29) is 24.4 Å². The van der Waals surface area contributed by atoms with Gasteiger partial charge in [-0.25, -0.2) is 0 Å². The molecule has 2 aromatic carbocycles. The maximum Gasteiger partial charge on any atom is 0.251 e. The molecule has 0 fully saturated rings. The van der Waals surface area contributed by atoms with Crippen LogP contribution in [0, 0.1) is 0 Å². The summed E-state index contributed by atoms with van der Waals surface area (Å²) in [5.74, 6) is 0.833. The van der Waals surface area contributed by atoms with E-state index in [0.29, 0.717) is 11.3 Å². The molecule has 138 valence electrons. The van der Waals surface area contributed by atoms with Crippen LogP contribution in [0.4, 0.5) is 0 Å². The Morgan fingerprint density at radius 3 is 2.33 bits per heavy atom. The fraction of sp³-hybridized carbons (Fsp3) is 0.143. The van der Waals surface area contributed by atoms with Gasteiger partial charge in [-0.1, -0.05) is 24.3 Å². The van der Waals surface area contributed by atoms with Crippen LogP contribution in [0.5, 0.6) is 11.5 Å². The van der Waals surface area contributed by atoms with Crippen molar-refractivity contribution >= 4 is 23.2 Å². The lowest BCUT2D eigenvalue weighted by atomic mass is 10.2. The molecule has 0 radical (unpaired) electrons. The molecule has 0 aliphatic rings. The highest BCUT2D eigenvalue weighted by Gasteiger charge is 2.12. The summed E-state index contributed by atoms with van der Waals surface area (Å²) in [6.07, 6.45) is 0. The van der Waals surface area contributed by atoms with Crippen molar-refractivity contribution in [2.75, 3.05) is 6.54 Å². The number of nitrogens with one attached hydrogen (secondary N) is 2. The molecule has 0 saturated heterocycles. The highest BCUT2D eigenvalue weighted by molar-refractivity contribution is 7.10. The van der Waals surface area contributed by atoms with Gasteiger partial charge in [0.2, 0.25) is 5.91 Å². The van der Waals surface area contributed by atoms with Crippen molar-refractivity contribution < 1.29 is 14.3 Å². The average molecular weight is 380 g/mol. The molecule has 0 aliphatic carbocycles. The molecule has 1 heterocycles. The largest absolute Gasteiger partial charge is 0.457 e. The number of carbonyl (C=O) groups excluding carboxylic acids is 2. The molecule has 0 bridgehead atoms. The first kappa shape index (κ1) is 18.7. The first-order valence-corrected chi connectivity index (χ1v) is 9.44. The van der Waals surface area contributed by atoms with Gasteiger partial charge in [-0.05, 0) is 54.8 Å². The van der Waals surface area contributed by atoms with Gasteiger partial charge in [-0.3, -0.25) is 9.59 Å². The van der Waals surface area contributed by atoms with Crippen LogP contribution < -0.4 is 15.4 Å². The molecule has 6 heteroatoms. The van der Waals surface area contributed by atoms with E-state index >= 15 is 0 Å². The van der Waals surface area contributed by atoms with Crippen molar-refractivity contribution in [1.82, 2.24) is 10.6 Å². The van der Waals surface area contributed by atoms with Crippen LogP contribution in [0.3, 0.4) is 0 Å². The first-order chi connectivity index (χ1) is 13.1. The zero-order chi connectivity index (χ0) is 19.1. The van der Waals surface area contributed by atoms with Gasteiger partial charge < -0.3 is 15.4 Å². The number of para-hydroxylation sites is 1. The monoisotopic (exact) mass is 380 g/mol. The third kappa shape index (κ3) is 5.43. The second-order valence-corrected chi connectivity index (χ2v) is 6.91. The lowest BCUT2D eigenvalue weighted by Gasteiger charge is -2.12. The van der Waals surface area contributed by atoms with Gasteiger partial charge in [-0.2, -0.15) is 0 Å². The van der Waals surface area contributed by atoms with Crippen LogP contribution in [0.1, 0.15) is 28.2 Å². The third-order valence-electron chi connectivity index (χ3n) is 3.85. The van der Waals surface area contributed by atoms with E-state index < -0.39 is 0 Å². The fourth-order valence-electron chi connectivity index (χ4n) is 2.46. The Kier molecular flexibility index (Phi) is 6.22. The van der Waals surface area contributed by atoms with E-state index in [1.807, 2.05) is 54.8 Å². The van der Waals surface area contributed by atoms with Gasteiger partial charge >= 0.3 is 0 Å². The van der Waals surface area contributed by atoms with Gasteiger partial charge in [0, 0.05) is 10.4 Å². The SMILES string of the molecule is C[C@H](NC(=O)CNC(=O)c1ccc(Oc2ccccc2)cc1)c1cccs1. The molecule has 3 aromatic rings. The van der Waals surface area contributed by atoms with E-state index in [0.717, 1.165) is 10.6 Å². The van der Waals surface area contributed by atoms with E-state index in [1.54, 1.807) is 35.6 Å². The number of ether oxygens (including phenoxy) is 1. The predicted molar refractivity (Wildman–Crippen MR) is 106 cm³/mol. The second kappa shape index (κ2) is 9.00. The summed E-state index contributed by atoms with van der Waals surface area (Å²) in [6, 6.07) is 20.0. The maximum atomic E-state index is 12.2. The van der Waals surface area contributed by atoms with Crippen molar-refractivity contribution in [2.24, 2.45) is 0 Å². The summed E-state index contributed by atoms with van der Waals surface area (Å²) in [5.41, 5.74) is 0.467. The molecule has 0 unspecified atom stereocenters. The molecule has 27 heavy (non-hydrogen) atoms. The first-order valence-electron chi connectivity index (χ1n) is 8.56. The van der Waals surface area contributed by atoms with Gasteiger partial charge in [0.15, 0.2) is 0 Å². The van der Waals surface area contributed by atoms with Crippen LogP contribution >= 0.6 is 11.3 Å². The lowest BCUT2D eigenvalue weighted by Crippen LogP contribution is -2.37. The minimum Gasteiger partial charge on any atom is -0.457 e. The van der Waals surface area contributed by atoms with Gasteiger partial charge in [0.1, 0.15) is 11.5 Å². The van der Waals surface area contributed by atoms with Gasteiger partial charge in [0.25, 0.3) is 5.91 Å². The summed E-state index contributed by atoms with van der Waals surface area (Å²) in [7, 11) is 0. The van der Waals surface area contributed by atoms with Crippen LogP contribution in [0.25, 0.3) is 0 Å². The Morgan fingerprint density at radius 2 is 1.67 bits per heavy atom. The highest BCUT2D eigenvalue weighted by atomic mass is 32.1. The molecule has 2 N–H and O–H groups in total. The second-order valence-electron chi connectivity index (χ2n) is 5.93. The quantitative estimate of drug-likeness (QED) is 0.647. The topological polar surface area (TPSA) is 67.4 Å². The zero-order valence-electron chi connectivity index (χ0n) is 14.8. The van der Waals surface area contributed by atoms with E-state index in [2.05, 4.69) is 10.6 Å². The van der Waals surface area contributed by atoms with Crippen LogP contribution in [0.15, 0.2) is 72.1 Å². The van der Waals surface area contributed by atoms with Crippen molar-refractivity contribution in [3.8, 4) is 11.5 Å². The zero-order valence-corrected chi connectivity index (χ0v) is 15.7. The Hall–Kier alpha value is -3.12. The molecule has 1 atom stereocenters. The predicted octanol–water partition coefficient (Wildman–Crippen LogP) is 4.15. The molecule has 0 spiro atoms. The number of thiophene rings is 1. The number of benzene rings is 2. The number of rotatable bonds is 7. The van der Waals surface area contributed by atoms with Gasteiger partial charge in [0.05, 0.1) is 12.6 Å². The molecule has 0 saturated carbocycles. The normalized spacial score (nSPS) is 11.4. The van der Waals surface area contributed by atoms with E-state index in [9.17, 15) is 9.59 Å². The molecular formula is C21H20N2O3S. The molecular weight excluding hydrogens is 360 g/mol. The third-order valence-corrected chi connectivity index (χ3v) is 4.91. The summed E-state index contributed by atoms with van der Waals surface area (Å²) < 4.78 is 5.70. The number of carbonyl (C=O) groups is 2. The number of amides is 2. The van der Waals surface area contributed by atoms with Gasteiger partial charge in [-0.15, -0.1) is 11.3 Å². The molecule has 5 nitrogen and oxygen atoms in total.